The number of methoxy groups -OCH3 is 1. The Morgan fingerprint density at radius 2 is 1.53 bits per heavy atom. The molecule has 1 N–H and O–H groups in total. The number of hydrogen-bond donors (Lipinski definition) is 1. The standard InChI is InChI=1S/C30H25BrN2O5/c1-20-3-5-21(6-4-20)19-37-27-14-7-22(8-15-27)29(34)33-32-18-24-17-25(31)11-16-28(24)38-30(35)23-9-12-26(36-2)13-10-23/h3-18H,19H2,1-2H3,(H,33,34). The summed E-state index contributed by atoms with van der Waals surface area (Å²) in [5.74, 6) is 0.666. The van der Waals surface area contributed by atoms with Crippen LogP contribution in [0, 0.1) is 6.92 Å². The van der Waals surface area contributed by atoms with Gasteiger partial charge in [0.05, 0.1) is 18.9 Å². The Kier molecular flexibility index (Phi) is 8.89. The molecule has 0 bridgehead atoms. The van der Waals surface area contributed by atoms with Gasteiger partial charge in [-0.15, -0.1) is 0 Å². The number of halogens is 1. The van der Waals surface area contributed by atoms with Crippen molar-refractivity contribution >= 4 is 34.0 Å². The van der Waals surface area contributed by atoms with Crippen molar-refractivity contribution < 1.29 is 23.8 Å². The van der Waals surface area contributed by atoms with Crippen molar-refractivity contribution in [3.63, 3.8) is 0 Å². The lowest BCUT2D eigenvalue weighted by Gasteiger charge is -2.09. The summed E-state index contributed by atoms with van der Waals surface area (Å²) in [5.41, 5.74) is 6.04. The molecule has 4 aromatic rings. The van der Waals surface area contributed by atoms with Gasteiger partial charge in [0.2, 0.25) is 0 Å². The van der Waals surface area contributed by atoms with Crippen LogP contribution in [0.1, 0.15) is 37.4 Å². The fourth-order valence-corrected chi connectivity index (χ4v) is 3.76. The smallest absolute Gasteiger partial charge is 0.343 e. The van der Waals surface area contributed by atoms with Crippen LogP contribution in [0.3, 0.4) is 0 Å². The van der Waals surface area contributed by atoms with Crippen LogP contribution in [-0.4, -0.2) is 25.2 Å². The average molecular weight is 573 g/mol. The molecule has 0 radical (unpaired) electrons. The van der Waals surface area contributed by atoms with E-state index in [9.17, 15) is 9.59 Å². The van der Waals surface area contributed by atoms with E-state index in [1.165, 1.54) is 11.8 Å². The number of aryl methyl sites for hydroxylation is 1. The predicted molar refractivity (Wildman–Crippen MR) is 149 cm³/mol. The molecule has 0 aliphatic rings. The molecule has 0 unspecified atom stereocenters. The fraction of sp³-hybridized carbons (Fsp3) is 0.100. The van der Waals surface area contributed by atoms with E-state index in [0.29, 0.717) is 40.5 Å². The number of benzene rings is 4. The number of esters is 1. The van der Waals surface area contributed by atoms with Gasteiger partial charge in [-0.2, -0.15) is 5.10 Å². The first-order valence-electron chi connectivity index (χ1n) is 11.7. The van der Waals surface area contributed by atoms with E-state index < -0.39 is 11.9 Å². The number of ether oxygens (including phenoxy) is 3. The summed E-state index contributed by atoms with van der Waals surface area (Å²) in [6.07, 6.45) is 1.42. The number of hydrazone groups is 1. The van der Waals surface area contributed by atoms with Gasteiger partial charge in [0, 0.05) is 15.6 Å². The number of nitrogens with one attached hydrogen (secondary N) is 1. The molecule has 1 amide bonds. The van der Waals surface area contributed by atoms with Crippen LogP contribution in [0.4, 0.5) is 0 Å². The molecule has 192 valence electrons. The van der Waals surface area contributed by atoms with Gasteiger partial charge in [-0.3, -0.25) is 4.79 Å². The predicted octanol–water partition coefficient (Wildman–Crippen LogP) is 6.33. The van der Waals surface area contributed by atoms with E-state index in [1.54, 1.807) is 73.8 Å². The lowest BCUT2D eigenvalue weighted by atomic mass is 10.2. The Morgan fingerprint density at radius 1 is 0.868 bits per heavy atom. The molecule has 0 saturated carbocycles. The molecule has 0 aliphatic carbocycles. The lowest BCUT2D eigenvalue weighted by molar-refractivity contribution is 0.0734. The summed E-state index contributed by atoms with van der Waals surface area (Å²) in [5, 5.41) is 4.04. The fourth-order valence-electron chi connectivity index (χ4n) is 3.38. The molecule has 4 aromatic carbocycles. The summed E-state index contributed by atoms with van der Waals surface area (Å²) < 4.78 is 17.2. The van der Waals surface area contributed by atoms with Gasteiger partial charge in [-0.25, -0.2) is 10.2 Å². The second-order valence-electron chi connectivity index (χ2n) is 8.30. The highest BCUT2D eigenvalue weighted by Crippen LogP contribution is 2.23. The average Bonchev–Trinajstić information content (AvgIpc) is 2.94. The third-order valence-corrected chi connectivity index (χ3v) is 6.01. The lowest BCUT2D eigenvalue weighted by Crippen LogP contribution is -2.17. The number of carbonyl (C=O) groups is 2. The molecule has 4 rings (SSSR count). The zero-order valence-corrected chi connectivity index (χ0v) is 22.4. The van der Waals surface area contributed by atoms with Crippen molar-refractivity contribution in [2.75, 3.05) is 7.11 Å². The minimum absolute atomic E-state index is 0.294. The highest BCUT2D eigenvalue weighted by Gasteiger charge is 2.12. The van der Waals surface area contributed by atoms with Crippen LogP contribution in [0.15, 0.2) is 101 Å². The number of nitrogens with zero attached hydrogens (tertiary/aromatic N) is 1. The van der Waals surface area contributed by atoms with Crippen LogP contribution in [0.5, 0.6) is 17.2 Å². The van der Waals surface area contributed by atoms with E-state index in [-0.39, 0.29) is 0 Å². The summed E-state index contributed by atoms with van der Waals surface area (Å²) >= 11 is 3.40. The van der Waals surface area contributed by atoms with Crippen molar-refractivity contribution in [3.8, 4) is 17.2 Å². The highest BCUT2D eigenvalue weighted by atomic mass is 79.9. The molecule has 0 saturated heterocycles. The second kappa shape index (κ2) is 12.7. The third-order valence-electron chi connectivity index (χ3n) is 5.51. The first-order chi connectivity index (χ1) is 18.4. The molecule has 0 aromatic heterocycles. The summed E-state index contributed by atoms with van der Waals surface area (Å²) in [6, 6.07) is 26.6. The maximum Gasteiger partial charge on any atom is 0.343 e. The molecule has 8 heteroatoms. The quantitative estimate of drug-likeness (QED) is 0.110. The zero-order chi connectivity index (χ0) is 26.9. The van der Waals surface area contributed by atoms with Gasteiger partial charge in [-0.1, -0.05) is 45.8 Å². The van der Waals surface area contributed by atoms with Crippen LogP contribution in [-0.2, 0) is 6.61 Å². The zero-order valence-electron chi connectivity index (χ0n) is 20.8. The molecule has 0 aliphatic heterocycles. The van der Waals surface area contributed by atoms with E-state index in [4.69, 9.17) is 14.2 Å². The van der Waals surface area contributed by atoms with Gasteiger partial charge in [0.15, 0.2) is 0 Å². The molecule has 0 spiro atoms. The number of carbonyl (C=O) groups excluding carboxylic acids is 2. The minimum atomic E-state index is -0.529. The first kappa shape index (κ1) is 26.6. The second-order valence-corrected chi connectivity index (χ2v) is 9.21. The molecule has 0 atom stereocenters. The molecule has 0 fully saturated rings. The van der Waals surface area contributed by atoms with Crippen LogP contribution in [0.2, 0.25) is 0 Å². The van der Waals surface area contributed by atoms with Crippen molar-refractivity contribution in [2.45, 2.75) is 13.5 Å². The largest absolute Gasteiger partial charge is 0.497 e. The third kappa shape index (κ3) is 7.30. The number of rotatable bonds is 9. The highest BCUT2D eigenvalue weighted by molar-refractivity contribution is 9.10. The Balaban J connectivity index is 1.36. The van der Waals surface area contributed by atoms with Gasteiger partial charge < -0.3 is 14.2 Å². The molecule has 0 heterocycles. The number of hydrogen-bond acceptors (Lipinski definition) is 6. The van der Waals surface area contributed by atoms with Crippen LogP contribution >= 0.6 is 15.9 Å². The van der Waals surface area contributed by atoms with Gasteiger partial charge in [0.1, 0.15) is 23.9 Å². The molecular weight excluding hydrogens is 548 g/mol. The minimum Gasteiger partial charge on any atom is -0.497 e. The Hall–Kier alpha value is -4.43. The number of amides is 1. The SMILES string of the molecule is COc1ccc(C(=O)Oc2ccc(Br)cc2C=NNC(=O)c2ccc(OCc3ccc(C)cc3)cc2)cc1. The van der Waals surface area contributed by atoms with Gasteiger partial charge in [-0.05, 0) is 79.2 Å². The van der Waals surface area contributed by atoms with E-state index in [2.05, 4.69) is 26.5 Å². The van der Waals surface area contributed by atoms with Crippen LogP contribution in [0.25, 0.3) is 0 Å². The molecule has 7 nitrogen and oxygen atoms in total. The van der Waals surface area contributed by atoms with E-state index >= 15 is 0 Å². The first-order valence-corrected chi connectivity index (χ1v) is 12.5. The maximum atomic E-state index is 12.6. The summed E-state index contributed by atoms with van der Waals surface area (Å²) in [4.78, 5) is 25.1. The van der Waals surface area contributed by atoms with Crippen molar-refractivity contribution in [1.82, 2.24) is 5.43 Å². The van der Waals surface area contributed by atoms with Crippen molar-refractivity contribution in [3.05, 3.63) is 123 Å². The normalized spacial score (nSPS) is 10.7. The van der Waals surface area contributed by atoms with E-state index in [0.717, 1.165) is 10.0 Å². The Labute approximate surface area is 229 Å². The Morgan fingerprint density at radius 3 is 2.21 bits per heavy atom. The molecular formula is C30H25BrN2O5. The summed E-state index contributed by atoms with van der Waals surface area (Å²) in [7, 11) is 1.55. The molecule has 38 heavy (non-hydrogen) atoms. The summed E-state index contributed by atoms with van der Waals surface area (Å²) in [6.45, 7) is 2.48. The topological polar surface area (TPSA) is 86.2 Å². The monoisotopic (exact) mass is 572 g/mol. The van der Waals surface area contributed by atoms with Crippen molar-refractivity contribution in [2.24, 2.45) is 5.10 Å². The van der Waals surface area contributed by atoms with Gasteiger partial charge >= 0.3 is 5.97 Å². The van der Waals surface area contributed by atoms with E-state index in [1.807, 2.05) is 31.2 Å². The van der Waals surface area contributed by atoms with Crippen molar-refractivity contribution in [1.29, 1.82) is 0 Å². The van der Waals surface area contributed by atoms with Crippen LogP contribution < -0.4 is 19.6 Å². The van der Waals surface area contributed by atoms with Gasteiger partial charge in [0.25, 0.3) is 5.91 Å². The Bertz CT molecular complexity index is 1430. The maximum absolute atomic E-state index is 12.6.